The molecule has 1 aromatic rings. The number of nitrogens with one attached hydrogen (secondary N) is 1. The zero-order valence-corrected chi connectivity index (χ0v) is 6.82. The number of nitrogens with two attached hydrogens (primary N) is 1. The zero-order chi connectivity index (χ0) is 9.26. The van der Waals surface area contributed by atoms with Crippen molar-refractivity contribution >= 4 is 23.7 Å². The molecule has 0 amide bonds. The maximum absolute atomic E-state index is 10.9. The molecule has 1 aliphatic heterocycles. The lowest BCUT2D eigenvalue weighted by molar-refractivity contribution is 1.23. The molecule has 64 valence electrons. The second kappa shape index (κ2) is 2.77. The molecule has 0 saturated heterocycles. The Balaban J connectivity index is 2.49. The third-order valence-electron chi connectivity index (χ3n) is 1.82. The maximum atomic E-state index is 10.9. The molecule has 13 heavy (non-hydrogen) atoms. The van der Waals surface area contributed by atoms with E-state index in [1.54, 1.807) is 24.7 Å². The highest BCUT2D eigenvalue weighted by atomic mass is 16.1. The molecule has 0 spiro atoms. The van der Waals surface area contributed by atoms with Crippen LogP contribution in [0.4, 0.5) is 5.69 Å². The van der Waals surface area contributed by atoms with E-state index in [0.29, 0.717) is 0 Å². The largest absolute Gasteiger partial charge is 0.394 e. The standard InChI is InChI=1S/C9H7N3O/c10-8-3-7(5-12-9(8)13)6-1-2-11-4-6/h1-5H,(H2,10,11)/p+1. The van der Waals surface area contributed by atoms with Crippen molar-refractivity contribution in [2.24, 2.45) is 0 Å². The maximum Gasteiger partial charge on any atom is 0.300 e. The molecule has 1 aliphatic rings. The lowest BCUT2D eigenvalue weighted by Crippen LogP contribution is -2.11. The smallest absolute Gasteiger partial charge is 0.300 e. The number of aromatic amines is 1. The van der Waals surface area contributed by atoms with Crippen LogP contribution in [-0.2, 0) is 0 Å². The van der Waals surface area contributed by atoms with Crippen LogP contribution in [0.5, 0.6) is 0 Å². The van der Waals surface area contributed by atoms with Gasteiger partial charge in [0.1, 0.15) is 0 Å². The number of nitrogen functional groups attached to an aromatic ring is 1. The Morgan fingerprint density at radius 3 is 2.92 bits per heavy atom. The van der Waals surface area contributed by atoms with Gasteiger partial charge in [-0.05, 0) is 6.07 Å². The number of aromatic nitrogens is 1. The van der Waals surface area contributed by atoms with Gasteiger partial charge < -0.3 is 10.7 Å². The first-order valence-corrected chi connectivity index (χ1v) is 3.82. The van der Waals surface area contributed by atoms with E-state index in [2.05, 4.69) is 9.65 Å². The summed E-state index contributed by atoms with van der Waals surface area (Å²) in [6.45, 7) is 0. The average Bonchev–Trinajstić information content (AvgIpc) is 2.62. The second-order valence-corrected chi connectivity index (χ2v) is 2.72. The summed E-state index contributed by atoms with van der Waals surface area (Å²) in [4.78, 5) is 13.5. The first-order valence-electron chi connectivity index (χ1n) is 3.82. The van der Waals surface area contributed by atoms with Crippen LogP contribution in [0, 0.1) is 0 Å². The van der Waals surface area contributed by atoms with Crippen molar-refractivity contribution in [3.63, 3.8) is 0 Å². The van der Waals surface area contributed by atoms with E-state index in [-0.39, 0.29) is 11.2 Å². The molecule has 0 radical (unpaired) electrons. The first kappa shape index (κ1) is 7.58. The van der Waals surface area contributed by atoms with E-state index in [9.17, 15) is 4.79 Å². The fraction of sp³-hybridized carbons (Fsp3) is 0. The number of allylic oxidation sites excluding steroid dienone is 2. The summed E-state index contributed by atoms with van der Waals surface area (Å²) in [6.07, 6.45) is 6.88. The average molecular weight is 174 g/mol. The van der Waals surface area contributed by atoms with Crippen molar-refractivity contribution in [1.29, 1.82) is 0 Å². The zero-order valence-electron chi connectivity index (χ0n) is 6.82. The lowest BCUT2D eigenvalue weighted by Gasteiger charge is -1.96. The van der Waals surface area contributed by atoms with Crippen LogP contribution in [0.25, 0.3) is 5.57 Å². The van der Waals surface area contributed by atoms with E-state index in [4.69, 9.17) is 5.73 Å². The molecule has 3 N–H and O–H groups in total. The number of H-pyrrole nitrogens is 1. The summed E-state index contributed by atoms with van der Waals surface area (Å²) >= 11 is 0. The van der Waals surface area contributed by atoms with Gasteiger partial charge in [0.05, 0.1) is 11.3 Å². The molecule has 0 fully saturated rings. The van der Waals surface area contributed by atoms with Crippen molar-refractivity contribution in [2.45, 2.75) is 0 Å². The minimum Gasteiger partial charge on any atom is -0.394 e. The van der Waals surface area contributed by atoms with Gasteiger partial charge in [-0.1, -0.05) is 0 Å². The number of pyridine rings is 1. The molecule has 2 rings (SSSR count). The molecule has 0 unspecified atom stereocenters. The predicted molar refractivity (Wildman–Crippen MR) is 53.7 cm³/mol. The summed E-state index contributed by atoms with van der Waals surface area (Å²) in [7, 11) is 0. The van der Waals surface area contributed by atoms with Gasteiger partial charge in [-0.2, -0.15) is 0 Å². The van der Waals surface area contributed by atoms with Gasteiger partial charge in [-0.25, -0.2) is 0 Å². The van der Waals surface area contributed by atoms with Gasteiger partial charge in [-0.15, -0.1) is 4.67 Å². The Hall–Kier alpha value is -2.06. The Bertz CT molecular complexity index is 490. The van der Waals surface area contributed by atoms with Gasteiger partial charge in [0.15, 0.2) is 0 Å². The highest BCUT2D eigenvalue weighted by Crippen LogP contribution is 2.11. The monoisotopic (exact) mass is 174 g/mol. The molecule has 4 heteroatoms. The summed E-state index contributed by atoms with van der Waals surface area (Å²) in [6, 6.07) is 1.63. The van der Waals surface area contributed by atoms with Crippen LogP contribution < -0.4 is 16.0 Å². The Morgan fingerprint density at radius 1 is 1.46 bits per heavy atom. The minimum absolute atomic E-state index is 0.221. The summed E-state index contributed by atoms with van der Waals surface area (Å²) in [5, 5.41) is 0. The fourth-order valence-corrected chi connectivity index (χ4v) is 1.13. The molecule has 0 atom stereocenters. The van der Waals surface area contributed by atoms with Crippen LogP contribution in [0.2, 0.25) is 0 Å². The molecular weight excluding hydrogens is 166 g/mol. The Morgan fingerprint density at radius 2 is 2.31 bits per heavy atom. The number of hydrogen-bond donors (Lipinski definition) is 2. The van der Waals surface area contributed by atoms with Crippen molar-refractivity contribution in [1.82, 2.24) is 9.65 Å². The Labute approximate surface area is 74.2 Å². The highest BCUT2D eigenvalue weighted by molar-refractivity contribution is 6.17. The second-order valence-electron chi connectivity index (χ2n) is 2.72. The minimum atomic E-state index is -0.261. The van der Waals surface area contributed by atoms with E-state index in [1.165, 1.54) is 0 Å². The predicted octanol–water partition coefficient (Wildman–Crippen LogP) is -0.437. The molecule has 0 aliphatic carbocycles. The van der Waals surface area contributed by atoms with E-state index in [0.717, 1.165) is 11.1 Å². The molecule has 2 heterocycles. The molecule has 4 nitrogen and oxygen atoms in total. The SMILES string of the molecule is Nc1cc(C2=CC=[N+]=C2)c[nH]c1=O. The van der Waals surface area contributed by atoms with Gasteiger partial charge in [0.2, 0.25) is 0 Å². The quantitative estimate of drug-likeness (QED) is 0.566. The summed E-state index contributed by atoms with van der Waals surface area (Å²) in [5.74, 6) is 0. The lowest BCUT2D eigenvalue weighted by atomic mass is 10.1. The van der Waals surface area contributed by atoms with Crippen molar-refractivity contribution in [3.05, 3.63) is 34.3 Å². The van der Waals surface area contributed by atoms with E-state index >= 15 is 0 Å². The molecule has 1 aromatic heterocycles. The van der Waals surface area contributed by atoms with E-state index < -0.39 is 0 Å². The van der Waals surface area contributed by atoms with Gasteiger partial charge in [-0.3, -0.25) is 4.79 Å². The summed E-state index contributed by atoms with van der Waals surface area (Å²) in [5.41, 5.74) is 7.24. The van der Waals surface area contributed by atoms with Crippen molar-refractivity contribution in [2.75, 3.05) is 5.73 Å². The van der Waals surface area contributed by atoms with Gasteiger partial charge >= 0.3 is 6.21 Å². The van der Waals surface area contributed by atoms with Crippen LogP contribution >= 0.6 is 0 Å². The van der Waals surface area contributed by atoms with Crippen LogP contribution in [0.15, 0.2) is 23.1 Å². The normalized spacial score (nSPS) is 13.4. The van der Waals surface area contributed by atoms with Gasteiger partial charge in [0, 0.05) is 17.8 Å². The van der Waals surface area contributed by atoms with Crippen LogP contribution in [-0.4, -0.2) is 17.4 Å². The third kappa shape index (κ3) is 1.30. The molecular formula is C9H8N3O+. The van der Waals surface area contributed by atoms with Crippen molar-refractivity contribution < 1.29 is 0 Å². The molecule has 0 bridgehead atoms. The first-order chi connectivity index (χ1) is 6.27. The van der Waals surface area contributed by atoms with Crippen molar-refractivity contribution in [3.8, 4) is 0 Å². The van der Waals surface area contributed by atoms with Gasteiger partial charge in [0.25, 0.3) is 11.8 Å². The van der Waals surface area contributed by atoms with Crippen LogP contribution in [0.1, 0.15) is 5.56 Å². The highest BCUT2D eigenvalue weighted by Gasteiger charge is 2.08. The molecule has 0 aromatic carbocycles. The van der Waals surface area contributed by atoms with E-state index in [1.807, 2.05) is 6.08 Å². The summed E-state index contributed by atoms with van der Waals surface area (Å²) < 4.78 is 3.92. The fourth-order valence-electron chi connectivity index (χ4n) is 1.13. The topological polar surface area (TPSA) is 73.0 Å². The number of nitrogens with zero attached hydrogens (tertiary/aromatic N) is 1. The number of anilines is 1. The number of rotatable bonds is 1. The van der Waals surface area contributed by atoms with Crippen LogP contribution in [0.3, 0.4) is 0 Å². The Kier molecular flexibility index (Phi) is 1.61. The number of hydrogen-bond acceptors (Lipinski definition) is 2. The third-order valence-corrected chi connectivity index (χ3v) is 1.82. The molecule has 0 saturated carbocycles.